The van der Waals surface area contributed by atoms with E-state index >= 15 is 0 Å². The Labute approximate surface area is 61.2 Å². The molecule has 0 aromatic rings. The van der Waals surface area contributed by atoms with Crippen LogP contribution >= 0.6 is 0 Å². The third kappa shape index (κ3) is 3.84. The van der Waals surface area contributed by atoms with E-state index in [4.69, 9.17) is 15.2 Å². The molecule has 0 aliphatic rings. The van der Waals surface area contributed by atoms with Gasteiger partial charge in [-0.15, -0.1) is 0 Å². The summed E-state index contributed by atoms with van der Waals surface area (Å²) in [5, 5.41) is 25.9. The SMILES string of the molecule is CB(O)N(CCO)CCO. The number of nitrogens with zero attached hydrogens (tertiary/aromatic N) is 1. The maximum absolute atomic E-state index is 8.98. The van der Waals surface area contributed by atoms with Crippen LogP contribution in [0.3, 0.4) is 0 Å². The van der Waals surface area contributed by atoms with Gasteiger partial charge in [0.25, 0.3) is 0 Å². The second-order valence-corrected chi connectivity index (χ2v) is 2.12. The fourth-order valence-electron chi connectivity index (χ4n) is 0.742. The predicted octanol–water partition coefficient (Wildman–Crippen LogP) is -1.62. The summed E-state index contributed by atoms with van der Waals surface area (Å²) in [6.07, 6.45) is 0. The highest BCUT2D eigenvalue weighted by Gasteiger charge is 2.13. The highest BCUT2D eigenvalue weighted by molar-refractivity contribution is 6.45. The highest BCUT2D eigenvalue weighted by atomic mass is 16.3. The second-order valence-electron chi connectivity index (χ2n) is 2.12. The Bertz CT molecular complexity index is 75.3. The lowest BCUT2D eigenvalue weighted by Crippen LogP contribution is -2.40. The number of hydrogen-bond donors (Lipinski definition) is 3. The maximum atomic E-state index is 8.98. The largest absolute Gasteiger partial charge is 0.437 e. The molecule has 0 amide bonds. The molecule has 0 saturated carbocycles. The molecule has 0 fully saturated rings. The minimum absolute atomic E-state index is 0.00486. The average Bonchev–Trinajstić information content (AvgIpc) is 1.87. The summed E-state index contributed by atoms with van der Waals surface area (Å²) >= 11 is 0. The predicted molar refractivity (Wildman–Crippen MR) is 39.6 cm³/mol. The fraction of sp³-hybridized carbons (Fsp3) is 1.00. The van der Waals surface area contributed by atoms with E-state index in [1.807, 2.05) is 0 Å². The third-order valence-electron chi connectivity index (χ3n) is 1.30. The average molecular weight is 147 g/mol. The first-order valence-corrected chi connectivity index (χ1v) is 3.36. The lowest BCUT2D eigenvalue weighted by molar-refractivity contribution is 0.205. The zero-order chi connectivity index (χ0) is 7.98. The van der Waals surface area contributed by atoms with Gasteiger partial charge in [0, 0.05) is 13.1 Å². The molecule has 0 bridgehead atoms. The van der Waals surface area contributed by atoms with Gasteiger partial charge in [0.2, 0.25) is 0 Å². The molecule has 3 N–H and O–H groups in total. The molecule has 0 radical (unpaired) electrons. The van der Waals surface area contributed by atoms with Crippen molar-refractivity contribution in [3.8, 4) is 0 Å². The van der Waals surface area contributed by atoms with E-state index < -0.39 is 7.05 Å². The van der Waals surface area contributed by atoms with Gasteiger partial charge in [-0.05, 0) is 6.82 Å². The van der Waals surface area contributed by atoms with Gasteiger partial charge in [-0.2, -0.15) is 0 Å². The smallest absolute Gasteiger partial charge is 0.376 e. The Kier molecular flexibility index (Phi) is 5.62. The molecule has 0 unspecified atom stereocenters. The Balaban J connectivity index is 3.50. The van der Waals surface area contributed by atoms with Gasteiger partial charge in [0.05, 0.1) is 13.2 Å². The molecule has 0 saturated heterocycles. The van der Waals surface area contributed by atoms with Gasteiger partial charge in [-0.25, -0.2) is 0 Å². The second kappa shape index (κ2) is 5.67. The molecular formula is C5H14BNO3. The Morgan fingerprint density at radius 1 is 1.20 bits per heavy atom. The third-order valence-corrected chi connectivity index (χ3v) is 1.30. The van der Waals surface area contributed by atoms with Gasteiger partial charge >= 0.3 is 7.05 Å². The van der Waals surface area contributed by atoms with Gasteiger partial charge < -0.3 is 20.0 Å². The van der Waals surface area contributed by atoms with Gasteiger partial charge in [-0.1, -0.05) is 0 Å². The Morgan fingerprint density at radius 2 is 1.60 bits per heavy atom. The highest BCUT2D eigenvalue weighted by Crippen LogP contribution is 1.88. The topological polar surface area (TPSA) is 63.9 Å². The van der Waals surface area contributed by atoms with Crippen LogP contribution in [0.1, 0.15) is 0 Å². The summed E-state index contributed by atoms with van der Waals surface area (Å²) in [6.45, 7) is 2.41. The van der Waals surface area contributed by atoms with E-state index in [-0.39, 0.29) is 13.2 Å². The van der Waals surface area contributed by atoms with Crippen molar-refractivity contribution >= 4 is 7.05 Å². The standard InChI is InChI=1S/C5H14BNO3/c1-6(10)7(2-4-8)3-5-9/h8-10H,2-5H2,1H3. The van der Waals surface area contributed by atoms with Crippen molar-refractivity contribution in [2.24, 2.45) is 0 Å². The Morgan fingerprint density at radius 3 is 1.80 bits per heavy atom. The van der Waals surface area contributed by atoms with Crippen LogP contribution in [-0.4, -0.2) is 53.4 Å². The summed E-state index contributed by atoms with van der Waals surface area (Å²) < 4.78 is 0. The van der Waals surface area contributed by atoms with Crippen molar-refractivity contribution in [1.29, 1.82) is 0 Å². The molecule has 10 heavy (non-hydrogen) atoms. The first-order valence-electron chi connectivity index (χ1n) is 3.36. The van der Waals surface area contributed by atoms with Crippen molar-refractivity contribution in [3.05, 3.63) is 0 Å². The van der Waals surface area contributed by atoms with Gasteiger partial charge in [-0.3, -0.25) is 0 Å². The minimum atomic E-state index is -0.598. The molecular weight excluding hydrogens is 133 g/mol. The normalized spacial score (nSPS) is 10.5. The zero-order valence-corrected chi connectivity index (χ0v) is 6.19. The van der Waals surface area contributed by atoms with Gasteiger partial charge in [0.1, 0.15) is 0 Å². The molecule has 4 nitrogen and oxygen atoms in total. The van der Waals surface area contributed by atoms with E-state index in [9.17, 15) is 0 Å². The maximum Gasteiger partial charge on any atom is 0.376 e. The van der Waals surface area contributed by atoms with Crippen molar-refractivity contribution in [2.75, 3.05) is 26.3 Å². The first kappa shape index (κ1) is 9.90. The van der Waals surface area contributed by atoms with Crippen LogP contribution in [0.25, 0.3) is 0 Å². The van der Waals surface area contributed by atoms with Crippen molar-refractivity contribution < 1.29 is 15.2 Å². The molecule has 0 atom stereocenters. The summed E-state index contributed by atoms with van der Waals surface area (Å²) in [5.41, 5.74) is 0. The molecule has 60 valence electrons. The molecule has 0 heterocycles. The quantitative estimate of drug-likeness (QED) is 0.409. The molecule has 0 rings (SSSR count). The number of aliphatic hydroxyl groups is 2. The summed E-state index contributed by atoms with van der Waals surface area (Å²) in [5.74, 6) is 0. The van der Waals surface area contributed by atoms with Crippen LogP contribution in [0.15, 0.2) is 0 Å². The van der Waals surface area contributed by atoms with Crippen molar-refractivity contribution in [1.82, 2.24) is 4.81 Å². The summed E-state index contributed by atoms with van der Waals surface area (Å²) in [4.78, 5) is 1.58. The monoisotopic (exact) mass is 147 g/mol. The van der Waals surface area contributed by atoms with Crippen LogP contribution in [0.5, 0.6) is 0 Å². The van der Waals surface area contributed by atoms with Crippen LogP contribution in [-0.2, 0) is 0 Å². The van der Waals surface area contributed by atoms with E-state index in [2.05, 4.69) is 0 Å². The molecule has 0 aliphatic heterocycles. The van der Waals surface area contributed by atoms with Crippen LogP contribution in [0, 0.1) is 0 Å². The number of aliphatic hydroxyl groups excluding tert-OH is 2. The number of hydrogen-bond acceptors (Lipinski definition) is 4. The summed E-state index contributed by atoms with van der Waals surface area (Å²) in [7, 11) is -0.598. The minimum Gasteiger partial charge on any atom is -0.437 e. The van der Waals surface area contributed by atoms with E-state index in [1.54, 1.807) is 11.6 Å². The molecule has 0 aliphatic carbocycles. The molecule has 0 spiro atoms. The number of rotatable bonds is 5. The van der Waals surface area contributed by atoms with Crippen LogP contribution in [0.4, 0.5) is 0 Å². The van der Waals surface area contributed by atoms with Crippen LogP contribution in [0.2, 0.25) is 6.82 Å². The lowest BCUT2D eigenvalue weighted by Gasteiger charge is -2.20. The molecule has 0 aromatic heterocycles. The van der Waals surface area contributed by atoms with Crippen LogP contribution < -0.4 is 0 Å². The molecule has 0 aromatic carbocycles. The lowest BCUT2D eigenvalue weighted by atomic mass is 9.85. The van der Waals surface area contributed by atoms with Gasteiger partial charge in [0.15, 0.2) is 0 Å². The van der Waals surface area contributed by atoms with E-state index in [0.29, 0.717) is 13.1 Å². The fourth-order valence-corrected chi connectivity index (χ4v) is 0.742. The Hall–Kier alpha value is -0.0951. The van der Waals surface area contributed by atoms with Crippen molar-refractivity contribution in [3.63, 3.8) is 0 Å². The summed E-state index contributed by atoms with van der Waals surface area (Å²) in [6, 6.07) is 0. The molecule has 5 heteroatoms. The van der Waals surface area contributed by atoms with E-state index in [0.717, 1.165) is 0 Å². The van der Waals surface area contributed by atoms with E-state index in [1.165, 1.54) is 0 Å². The first-order chi connectivity index (χ1) is 4.72. The van der Waals surface area contributed by atoms with Crippen molar-refractivity contribution in [2.45, 2.75) is 6.82 Å². The zero-order valence-electron chi connectivity index (χ0n) is 6.19.